The van der Waals surface area contributed by atoms with Gasteiger partial charge in [-0.2, -0.15) is 0 Å². The van der Waals surface area contributed by atoms with Crippen molar-refractivity contribution in [3.63, 3.8) is 0 Å². The maximum Gasteiger partial charge on any atom is 0.266 e. The molecule has 24 heavy (non-hydrogen) atoms. The maximum absolute atomic E-state index is 12.3. The molecule has 0 unspecified atom stereocenters. The lowest BCUT2D eigenvalue weighted by atomic mass is 10.3. The molecule has 3 aromatic heterocycles. The van der Waals surface area contributed by atoms with Gasteiger partial charge in [0.25, 0.3) is 5.91 Å². The van der Waals surface area contributed by atoms with Gasteiger partial charge in [0, 0.05) is 13.1 Å². The van der Waals surface area contributed by atoms with Crippen LogP contribution in [0.25, 0.3) is 21.7 Å². The molecule has 0 spiro atoms. The first-order chi connectivity index (χ1) is 11.6. The Hall–Kier alpha value is -2.93. The number of hydrogen-bond donors (Lipinski definition) is 1. The fraction of sp³-hybridized carbons (Fsp3) is 0.118. The molecule has 1 N–H and O–H groups in total. The lowest BCUT2D eigenvalue weighted by Crippen LogP contribution is -2.10. The predicted molar refractivity (Wildman–Crippen MR) is 93.2 cm³/mol. The highest BCUT2D eigenvalue weighted by molar-refractivity contribution is 7.17. The number of hydrogen-bond acceptors (Lipinski definition) is 5. The molecule has 0 saturated heterocycles. The van der Waals surface area contributed by atoms with E-state index in [-0.39, 0.29) is 5.91 Å². The number of benzene rings is 1. The third-order valence-electron chi connectivity index (χ3n) is 3.71. The number of imidazole rings is 1. The molecular formula is C17H14N4O2S. The first kappa shape index (κ1) is 14.6. The Morgan fingerprint density at radius 3 is 2.83 bits per heavy atom. The molecule has 7 heteroatoms. The molecule has 0 radical (unpaired) electrons. The van der Waals surface area contributed by atoms with Gasteiger partial charge in [-0.3, -0.25) is 4.79 Å². The molecule has 0 aliphatic carbocycles. The number of carbonyl (C=O) groups excluding carboxylic acids is 1. The molecule has 0 fully saturated rings. The third-order valence-corrected chi connectivity index (χ3v) is 4.79. The summed E-state index contributed by atoms with van der Waals surface area (Å²) in [5, 5.41) is 6.49. The van der Waals surface area contributed by atoms with Gasteiger partial charge in [0.05, 0.1) is 20.8 Å². The molecule has 0 bridgehead atoms. The smallest absolute Gasteiger partial charge is 0.266 e. The Balaban J connectivity index is 1.64. The second-order valence-electron chi connectivity index (χ2n) is 5.42. The minimum absolute atomic E-state index is 0.210. The number of rotatable bonds is 3. The summed E-state index contributed by atoms with van der Waals surface area (Å²) < 4.78 is 6.98. The summed E-state index contributed by atoms with van der Waals surface area (Å²) in [5.74, 6) is 1.70. The summed E-state index contributed by atoms with van der Waals surface area (Å²) in [6.07, 6.45) is 0. The van der Waals surface area contributed by atoms with Crippen LogP contribution in [0.1, 0.15) is 15.4 Å². The number of thiophene rings is 1. The fourth-order valence-corrected chi connectivity index (χ4v) is 3.48. The van der Waals surface area contributed by atoms with Gasteiger partial charge >= 0.3 is 0 Å². The lowest BCUT2D eigenvalue weighted by molar-refractivity contribution is 0.102. The summed E-state index contributed by atoms with van der Waals surface area (Å²) >= 11 is 1.40. The highest BCUT2D eigenvalue weighted by Gasteiger charge is 2.16. The molecule has 1 aromatic carbocycles. The van der Waals surface area contributed by atoms with Crippen LogP contribution in [0.4, 0.5) is 5.82 Å². The highest BCUT2D eigenvalue weighted by Crippen LogP contribution is 2.30. The molecule has 0 saturated carbocycles. The number of carbonyl (C=O) groups is 1. The van der Waals surface area contributed by atoms with Crippen LogP contribution in [0, 0.1) is 6.92 Å². The quantitative estimate of drug-likeness (QED) is 0.616. The van der Waals surface area contributed by atoms with E-state index in [9.17, 15) is 4.79 Å². The highest BCUT2D eigenvalue weighted by atomic mass is 32.1. The van der Waals surface area contributed by atoms with Crippen molar-refractivity contribution in [1.82, 2.24) is 14.7 Å². The van der Waals surface area contributed by atoms with Gasteiger partial charge in [0.1, 0.15) is 5.76 Å². The summed E-state index contributed by atoms with van der Waals surface area (Å²) in [5.41, 5.74) is 2.00. The molecule has 120 valence electrons. The summed E-state index contributed by atoms with van der Waals surface area (Å²) in [7, 11) is 1.97. The van der Waals surface area contributed by atoms with E-state index >= 15 is 0 Å². The monoisotopic (exact) mass is 338 g/mol. The van der Waals surface area contributed by atoms with Gasteiger partial charge in [-0.05, 0) is 31.2 Å². The molecule has 6 nitrogen and oxygen atoms in total. The van der Waals surface area contributed by atoms with E-state index in [1.165, 1.54) is 11.3 Å². The second kappa shape index (κ2) is 5.61. The Kier molecular flexibility index (Phi) is 3.42. The number of para-hydroxylation sites is 2. The van der Waals surface area contributed by atoms with Crippen LogP contribution in [0.3, 0.4) is 0 Å². The Labute approximate surface area is 141 Å². The lowest BCUT2D eigenvalue weighted by Gasteiger charge is -1.99. The zero-order valence-electron chi connectivity index (χ0n) is 13.1. The van der Waals surface area contributed by atoms with Gasteiger partial charge in [0.15, 0.2) is 11.6 Å². The van der Waals surface area contributed by atoms with Crippen LogP contribution >= 0.6 is 11.3 Å². The van der Waals surface area contributed by atoms with Crippen LogP contribution in [-0.2, 0) is 7.05 Å². The number of nitrogens with one attached hydrogen (secondary N) is 1. The molecule has 4 aromatic rings. The minimum atomic E-state index is -0.210. The van der Waals surface area contributed by atoms with Crippen molar-refractivity contribution >= 4 is 34.1 Å². The number of amides is 1. The maximum atomic E-state index is 12.3. The van der Waals surface area contributed by atoms with Crippen LogP contribution in [-0.4, -0.2) is 20.6 Å². The van der Waals surface area contributed by atoms with E-state index in [1.54, 1.807) is 19.1 Å². The topological polar surface area (TPSA) is 73.0 Å². The van der Waals surface area contributed by atoms with Crippen LogP contribution in [0.5, 0.6) is 0 Å². The van der Waals surface area contributed by atoms with Crippen molar-refractivity contribution < 1.29 is 9.32 Å². The van der Waals surface area contributed by atoms with Crippen molar-refractivity contribution in [1.29, 1.82) is 0 Å². The SMILES string of the molecule is Cc1cc(NC(=O)c2ccc(-c3nc4ccccc4n3C)s2)no1. The molecule has 4 rings (SSSR count). The van der Waals surface area contributed by atoms with Gasteiger partial charge in [-0.15, -0.1) is 11.3 Å². The first-order valence-corrected chi connectivity index (χ1v) is 8.20. The zero-order valence-corrected chi connectivity index (χ0v) is 13.9. The van der Waals surface area contributed by atoms with Crippen LogP contribution in [0.15, 0.2) is 47.0 Å². The number of aryl methyl sites for hydroxylation is 2. The average Bonchev–Trinajstić information content (AvgIpc) is 3.27. The average molecular weight is 338 g/mol. The molecule has 1 amide bonds. The minimum Gasteiger partial charge on any atom is -0.360 e. The zero-order chi connectivity index (χ0) is 16.7. The molecule has 0 aliphatic heterocycles. The van der Waals surface area contributed by atoms with Crippen molar-refractivity contribution in [2.75, 3.05) is 5.32 Å². The van der Waals surface area contributed by atoms with E-state index in [2.05, 4.69) is 15.5 Å². The Morgan fingerprint density at radius 2 is 2.08 bits per heavy atom. The summed E-state index contributed by atoms with van der Waals surface area (Å²) in [4.78, 5) is 18.5. The van der Waals surface area contributed by atoms with Gasteiger partial charge in [-0.25, -0.2) is 4.98 Å². The molecular weight excluding hydrogens is 324 g/mol. The van der Waals surface area contributed by atoms with Crippen molar-refractivity contribution in [2.45, 2.75) is 6.92 Å². The summed E-state index contributed by atoms with van der Waals surface area (Å²) in [6.45, 7) is 1.78. The van der Waals surface area contributed by atoms with E-state index < -0.39 is 0 Å². The number of anilines is 1. The first-order valence-electron chi connectivity index (χ1n) is 7.38. The second-order valence-corrected chi connectivity index (χ2v) is 6.51. The van der Waals surface area contributed by atoms with Gasteiger partial charge < -0.3 is 14.4 Å². The number of fused-ring (bicyclic) bond motifs is 1. The largest absolute Gasteiger partial charge is 0.360 e. The van der Waals surface area contributed by atoms with Crippen LogP contribution < -0.4 is 5.32 Å². The van der Waals surface area contributed by atoms with Crippen molar-refractivity contribution in [3.05, 3.63) is 53.1 Å². The Morgan fingerprint density at radius 1 is 1.25 bits per heavy atom. The third kappa shape index (κ3) is 2.48. The Bertz CT molecular complexity index is 1040. The van der Waals surface area contributed by atoms with Crippen LogP contribution in [0.2, 0.25) is 0 Å². The van der Waals surface area contributed by atoms with Crippen molar-refractivity contribution in [3.8, 4) is 10.7 Å². The predicted octanol–water partition coefficient (Wildman–Crippen LogP) is 3.85. The van der Waals surface area contributed by atoms with Crippen molar-refractivity contribution in [2.24, 2.45) is 7.05 Å². The normalized spacial score (nSPS) is 11.1. The van der Waals surface area contributed by atoms with E-state index in [0.29, 0.717) is 16.5 Å². The van der Waals surface area contributed by atoms with E-state index in [4.69, 9.17) is 4.52 Å². The standard InChI is InChI=1S/C17H14N4O2S/c1-10-9-15(20-23-10)19-17(22)14-8-7-13(24-14)16-18-11-5-3-4-6-12(11)21(16)2/h3-9H,1-2H3,(H,19,20,22). The van der Waals surface area contributed by atoms with E-state index in [0.717, 1.165) is 21.7 Å². The molecule has 0 aliphatic rings. The fourth-order valence-electron chi connectivity index (χ4n) is 2.55. The molecule has 3 heterocycles. The van der Waals surface area contributed by atoms with E-state index in [1.807, 2.05) is 41.9 Å². The van der Waals surface area contributed by atoms with Gasteiger partial charge in [0.2, 0.25) is 0 Å². The number of nitrogens with zero attached hydrogens (tertiary/aromatic N) is 3. The number of aromatic nitrogens is 3. The molecule has 0 atom stereocenters. The van der Waals surface area contributed by atoms with Gasteiger partial charge in [-0.1, -0.05) is 17.3 Å². The summed E-state index contributed by atoms with van der Waals surface area (Å²) in [6, 6.07) is 13.3.